The molecule has 0 spiro atoms. The number of rotatable bonds is 3. The normalized spacial score (nSPS) is 20.5. The van der Waals surface area contributed by atoms with Crippen LogP contribution in [0.4, 0.5) is 0 Å². The number of likely N-dealkylation sites (tertiary alicyclic amines) is 2. The Bertz CT molecular complexity index is 1180. The van der Waals surface area contributed by atoms with Gasteiger partial charge in [0.25, 0.3) is 11.5 Å². The van der Waals surface area contributed by atoms with Crippen molar-refractivity contribution in [3.05, 3.63) is 70.0 Å². The lowest BCUT2D eigenvalue weighted by molar-refractivity contribution is 0.0707. The predicted octanol–water partition coefficient (Wildman–Crippen LogP) is 3.15. The molecule has 5 rings (SSSR count). The van der Waals surface area contributed by atoms with Gasteiger partial charge in [0.1, 0.15) is 5.82 Å². The predicted molar refractivity (Wildman–Crippen MR) is 124 cm³/mol. The Balaban J connectivity index is 1.38. The van der Waals surface area contributed by atoms with Crippen LogP contribution in [0.1, 0.15) is 59.4 Å². The molecule has 32 heavy (non-hydrogen) atoms. The van der Waals surface area contributed by atoms with E-state index < -0.39 is 0 Å². The molecule has 4 heterocycles. The van der Waals surface area contributed by atoms with Crippen molar-refractivity contribution in [2.24, 2.45) is 0 Å². The Hall–Kier alpha value is -3.06. The lowest BCUT2D eigenvalue weighted by Gasteiger charge is -2.33. The highest BCUT2D eigenvalue weighted by atomic mass is 16.2. The molecular weight excluding hydrogens is 402 g/mol. The van der Waals surface area contributed by atoms with Crippen molar-refractivity contribution in [2.45, 2.75) is 37.5 Å². The highest BCUT2D eigenvalue weighted by Crippen LogP contribution is 2.29. The molecule has 0 unspecified atom stereocenters. The molecule has 1 atom stereocenters. The second-order valence-electron chi connectivity index (χ2n) is 9.10. The smallest absolute Gasteiger partial charge is 0.254 e. The maximum absolute atomic E-state index is 13.4. The fourth-order valence-corrected chi connectivity index (χ4v) is 5.04. The summed E-state index contributed by atoms with van der Waals surface area (Å²) in [5.41, 5.74) is 2.24. The highest BCUT2D eigenvalue weighted by Gasteiger charge is 2.29. The average Bonchev–Trinajstić information content (AvgIpc) is 2.83. The standard InChI is InChI=1S/C25H29N5O2/c1-29-13-9-17(10-14-29)24-27-22(15-23(31)28-24)18-5-4-12-30(16-18)25(32)20-6-2-8-21-19(20)7-3-11-26-21/h2-3,6-8,11,15,17-18H,4-5,9-10,12-14,16H2,1H3,(H,27,28,31)/t18-/m0/s1. The summed E-state index contributed by atoms with van der Waals surface area (Å²) >= 11 is 0. The number of benzene rings is 1. The Kier molecular flexibility index (Phi) is 5.74. The molecule has 0 saturated carbocycles. The minimum atomic E-state index is -0.0903. The number of hydrogen-bond acceptors (Lipinski definition) is 5. The van der Waals surface area contributed by atoms with E-state index in [1.165, 1.54) is 0 Å². The van der Waals surface area contributed by atoms with Gasteiger partial charge in [0.15, 0.2) is 0 Å². The maximum Gasteiger partial charge on any atom is 0.254 e. The molecule has 2 aliphatic heterocycles. The van der Waals surface area contributed by atoms with Crippen molar-refractivity contribution in [3.8, 4) is 0 Å². The number of hydrogen-bond donors (Lipinski definition) is 1. The SMILES string of the molecule is CN1CCC(c2nc([C@H]3CCCN(C(=O)c4cccc5ncccc45)C3)cc(=O)[nH]2)CC1. The van der Waals surface area contributed by atoms with Crippen LogP contribution in [0.5, 0.6) is 0 Å². The Labute approximate surface area is 187 Å². The molecule has 2 fully saturated rings. The van der Waals surface area contributed by atoms with Gasteiger partial charge in [0.2, 0.25) is 0 Å². The van der Waals surface area contributed by atoms with Crippen LogP contribution in [0, 0.1) is 0 Å². The highest BCUT2D eigenvalue weighted by molar-refractivity contribution is 6.06. The van der Waals surface area contributed by atoms with Gasteiger partial charge >= 0.3 is 0 Å². The van der Waals surface area contributed by atoms with E-state index in [0.717, 1.165) is 67.7 Å². The molecule has 1 aromatic carbocycles. The molecule has 7 nitrogen and oxygen atoms in total. The van der Waals surface area contributed by atoms with Crippen LogP contribution >= 0.6 is 0 Å². The lowest BCUT2D eigenvalue weighted by Crippen LogP contribution is -2.39. The molecular formula is C25H29N5O2. The molecule has 1 amide bonds. The number of aromatic amines is 1. The van der Waals surface area contributed by atoms with Gasteiger partial charge < -0.3 is 14.8 Å². The average molecular weight is 432 g/mol. The van der Waals surface area contributed by atoms with E-state index in [9.17, 15) is 9.59 Å². The monoisotopic (exact) mass is 431 g/mol. The Morgan fingerprint density at radius 2 is 1.91 bits per heavy atom. The first-order valence-corrected chi connectivity index (χ1v) is 11.5. The number of piperidine rings is 2. The van der Waals surface area contributed by atoms with Gasteiger partial charge in [-0.25, -0.2) is 4.98 Å². The number of carbonyl (C=O) groups is 1. The summed E-state index contributed by atoms with van der Waals surface area (Å²) in [6.07, 6.45) is 5.59. The van der Waals surface area contributed by atoms with Crippen molar-refractivity contribution in [2.75, 3.05) is 33.2 Å². The van der Waals surface area contributed by atoms with Crippen LogP contribution < -0.4 is 5.56 Å². The van der Waals surface area contributed by atoms with Gasteiger partial charge in [0.05, 0.1) is 11.2 Å². The number of H-pyrrole nitrogens is 1. The molecule has 0 aliphatic carbocycles. The summed E-state index contributed by atoms with van der Waals surface area (Å²) in [6, 6.07) is 11.1. The summed E-state index contributed by atoms with van der Waals surface area (Å²) in [5.74, 6) is 1.20. The van der Waals surface area contributed by atoms with E-state index in [4.69, 9.17) is 4.98 Å². The zero-order valence-corrected chi connectivity index (χ0v) is 18.5. The minimum Gasteiger partial charge on any atom is -0.338 e. The van der Waals surface area contributed by atoms with Crippen molar-refractivity contribution in [1.29, 1.82) is 0 Å². The van der Waals surface area contributed by atoms with Crippen molar-refractivity contribution < 1.29 is 4.79 Å². The third-order valence-electron chi connectivity index (χ3n) is 6.89. The molecule has 166 valence electrons. The molecule has 2 aliphatic rings. The van der Waals surface area contributed by atoms with Crippen LogP contribution in [-0.4, -0.2) is 63.9 Å². The Morgan fingerprint density at radius 3 is 2.75 bits per heavy atom. The summed E-state index contributed by atoms with van der Waals surface area (Å²) in [6.45, 7) is 3.34. The fourth-order valence-electron chi connectivity index (χ4n) is 5.04. The van der Waals surface area contributed by atoms with E-state index in [0.29, 0.717) is 18.0 Å². The number of pyridine rings is 1. The summed E-state index contributed by atoms with van der Waals surface area (Å²) in [4.78, 5) is 42.3. The minimum absolute atomic E-state index is 0.0219. The number of fused-ring (bicyclic) bond motifs is 1. The van der Waals surface area contributed by atoms with Crippen LogP contribution in [0.25, 0.3) is 10.9 Å². The number of carbonyl (C=O) groups excluding carboxylic acids is 1. The van der Waals surface area contributed by atoms with Crippen LogP contribution in [0.3, 0.4) is 0 Å². The number of amides is 1. The van der Waals surface area contributed by atoms with Gasteiger partial charge in [-0.3, -0.25) is 14.6 Å². The third kappa shape index (κ3) is 4.17. The zero-order chi connectivity index (χ0) is 22.1. The molecule has 2 saturated heterocycles. The lowest BCUT2D eigenvalue weighted by atomic mass is 9.92. The van der Waals surface area contributed by atoms with Gasteiger partial charge in [-0.15, -0.1) is 0 Å². The fraction of sp³-hybridized carbons (Fsp3) is 0.440. The van der Waals surface area contributed by atoms with Gasteiger partial charge in [0, 0.05) is 48.1 Å². The second kappa shape index (κ2) is 8.82. The zero-order valence-electron chi connectivity index (χ0n) is 18.5. The molecule has 3 aromatic rings. The summed E-state index contributed by atoms with van der Waals surface area (Å²) < 4.78 is 0. The molecule has 0 radical (unpaired) electrons. The molecule has 2 aromatic heterocycles. The third-order valence-corrected chi connectivity index (χ3v) is 6.89. The number of nitrogens with one attached hydrogen (secondary N) is 1. The van der Waals surface area contributed by atoms with Crippen LogP contribution in [0.15, 0.2) is 47.4 Å². The first-order chi connectivity index (χ1) is 15.6. The summed E-state index contributed by atoms with van der Waals surface area (Å²) in [5, 5.41) is 0.876. The summed E-state index contributed by atoms with van der Waals surface area (Å²) in [7, 11) is 2.13. The van der Waals surface area contributed by atoms with Gasteiger partial charge in [-0.1, -0.05) is 12.1 Å². The largest absolute Gasteiger partial charge is 0.338 e. The maximum atomic E-state index is 13.4. The van der Waals surface area contributed by atoms with E-state index in [1.54, 1.807) is 12.3 Å². The van der Waals surface area contributed by atoms with Crippen molar-refractivity contribution in [3.63, 3.8) is 0 Å². The van der Waals surface area contributed by atoms with Crippen molar-refractivity contribution in [1.82, 2.24) is 24.8 Å². The molecule has 0 bridgehead atoms. The van der Waals surface area contributed by atoms with E-state index in [-0.39, 0.29) is 17.4 Å². The van der Waals surface area contributed by atoms with Gasteiger partial charge in [-0.05, 0) is 64.0 Å². The number of aromatic nitrogens is 3. The van der Waals surface area contributed by atoms with Crippen LogP contribution in [-0.2, 0) is 0 Å². The van der Waals surface area contributed by atoms with Crippen LogP contribution in [0.2, 0.25) is 0 Å². The van der Waals surface area contributed by atoms with Gasteiger partial charge in [-0.2, -0.15) is 0 Å². The van der Waals surface area contributed by atoms with Crippen molar-refractivity contribution >= 4 is 16.8 Å². The van der Waals surface area contributed by atoms with E-state index in [1.807, 2.05) is 35.2 Å². The topological polar surface area (TPSA) is 82.2 Å². The molecule has 7 heteroatoms. The van der Waals surface area contributed by atoms with E-state index in [2.05, 4.69) is 21.9 Å². The quantitative estimate of drug-likeness (QED) is 0.689. The Morgan fingerprint density at radius 1 is 1.06 bits per heavy atom. The van der Waals surface area contributed by atoms with E-state index >= 15 is 0 Å². The first-order valence-electron chi connectivity index (χ1n) is 11.5. The first kappa shape index (κ1) is 20.8. The molecule has 1 N–H and O–H groups in total. The number of nitrogens with zero attached hydrogens (tertiary/aromatic N) is 4. The second-order valence-corrected chi connectivity index (χ2v) is 9.10.